The average molecular weight is 469 g/mol. The van der Waals surface area contributed by atoms with E-state index in [1.807, 2.05) is 6.07 Å². The van der Waals surface area contributed by atoms with Gasteiger partial charge in [0.15, 0.2) is 10.9 Å². The van der Waals surface area contributed by atoms with Crippen molar-refractivity contribution in [3.05, 3.63) is 62.1 Å². The number of benzene rings is 1. The molecule has 0 spiro atoms. The Morgan fingerprint density at radius 1 is 1.44 bits per heavy atom. The first-order valence-corrected chi connectivity index (χ1v) is 12.0. The highest BCUT2D eigenvalue weighted by Crippen LogP contribution is 2.37. The molecule has 4 rings (SSSR count). The molecule has 0 saturated carbocycles. The van der Waals surface area contributed by atoms with Crippen molar-refractivity contribution in [3.8, 4) is 11.8 Å². The van der Waals surface area contributed by atoms with E-state index in [1.165, 1.54) is 35.0 Å². The lowest BCUT2D eigenvalue weighted by Gasteiger charge is -2.18. The van der Waals surface area contributed by atoms with Crippen LogP contribution in [0.4, 0.5) is 4.39 Å². The molecule has 0 bridgehead atoms. The molecule has 0 aliphatic heterocycles. The minimum Gasteiger partial charge on any atom is -0.401 e. The second-order valence-electron chi connectivity index (χ2n) is 7.90. The molecule has 2 N–H and O–H groups in total. The summed E-state index contributed by atoms with van der Waals surface area (Å²) in [5.74, 6) is -0.638. The Balaban J connectivity index is 1.88. The lowest BCUT2D eigenvalue weighted by Crippen LogP contribution is -2.24. The molecule has 0 amide bonds. The summed E-state index contributed by atoms with van der Waals surface area (Å²) in [6.45, 7) is 3.67. The number of hydrogen-bond donors (Lipinski definition) is 1. The molecule has 1 atom stereocenters. The number of carbonyl (C=O) groups is 1. The summed E-state index contributed by atoms with van der Waals surface area (Å²) in [4.78, 5) is 32.6. The number of nitrogens with two attached hydrogens (primary N) is 1. The van der Waals surface area contributed by atoms with Crippen LogP contribution in [-0.2, 0) is 17.6 Å². The molecule has 3 aromatic rings. The van der Waals surface area contributed by atoms with Crippen molar-refractivity contribution in [2.45, 2.75) is 38.3 Å². The maximum Gasteiger partial charge on any atom is 0.267 e. The zero-order valence-corrected chi connectivity index (χ0v) is 19.3. The maximum atomic E-state index is 14.7. The summed E-state index contributed by atoms with van der Waals surface area (Å²) in [7, 11) is 0. The molecule has 1 aromatic carbocycles. The number of halogens is 1. The Labute approximate surface area is 192 Å². The number of nitrogens with zero attached hydrogens (tertiary/aromatic N) is 3. The van der Waals surface area contributed by atoms with Crippen molar-refractivity contribution in [3.63, 3.8) is 0 Å². The molecule has 1 aliphatic carbocycles. The monoisotopic (exact) mass is 468 g/mol. The SMILES string of the molecule is C/C(N)=C(/C#N)C(=O)CSc1nc2sc3c(c2c(=O)n1-c1ccccc1F)CC[C@H](C)C3. The topological polar surface area (TPSA) is 102 Å². The number of allylic oxidation sites excluding steroid dienone is 2. The van der Waals surface area contributed by atoms with Crippen molar-refractivity contribution >= 4 is 39.1 Å². The van der Waals surface area contributed by atoms with E-state index >= 15 is 0 Å². The van der Waals surface area contributed by atoms with E-state index in [9.17, 15) is 19.2 Å². The zero-order chi connectivity index (χ0) is 23.0. The zero-order valence-electron chi connectivity index (χ0n) is 17.6. The Morgan fingerprint density at radius 3 is 2.88 bits per heavy atom. The Morgan fingerprint density at radius 2 is 2.19 bits per heavy atom. The molecule has 0 radical (unpaired) electrons. The minimum atomic E-state index is -0.558. The fraction of sp³-hybridized carbons (Fsp3) is 0.304. The van der Waals surface area contributed by atoms with Crippen LogP contribution in [0.1, 0.15) is 30.7 Å². The smallest absolute Gasteiger partial charge is 0.267 e. The van der Waals surface area contributed by atoms with Crippen LogP contribution in [0.15, 0.2) is 45.5 Å². The number of nitriles is 1. The number of hydrogen-bond acceptors (Lipinski definition) is 7. The number of ketones is 1. The highest BCUT2D eigenvalue weighted by Gasteiger charge is 2.26. The van der Waals surface area contributed by atoms with Gasteiger partial charge in [-0.2, -0.15) is 5.26 Å². The molecule has 0 fully saturated rings. The van der Waals surface area contributed by atoms with E-state index in [2.05, 4.69) is 11.9 Å². The molecule has 164 valence electrons. The fourth-order valence-corrected chi connectivity index (χ4v) is 6.19. The third-order valence-corrected chi connectivity index (χ3v) is 7.60. The van der Waals surface area contributed by atoms with Crippen LogP contribution in [0.5, 0.6) is 0 Å². The van der Waals surface area contributed by atoms with Crippen LogP contribution >= 0.6 is 23.1 Å². The van der Waals surface area contributed by atoms with Crippen molar-refractivity contribution < 1.29 is 9.18 Å². The van der Waals surface area contributed by atoms with Crippen LogP contribution in [0.2, 0.25) is 0 Å². The molecule has 32 heavy (non-hydrogen) atoms. The maximum absolute atomic E-state index is 14.7. The standard InChI is InChI=1S/C23H21FN4O2S2/c1-12-7-8-14-19(9-12)32-21-20(14)22(30)28(17-6-4-3-5-16(17)24)23(27-21)31-11-18(29)15(10-25)13(2)26/h3-6,12H,7-9,11,26H2,1-2H3/b15-13+/t12-/m0/s1. The number of thiophene rings is 1. The van der Waals surface area contributed by atoms with Crippen molar-refractivity contribution in [2.75, 3.05) is 5.75 Å². The van der Waals surface area contributed by atoms with Crippen molar-refractivity contribution in [1.82, 2.24) is 9.55 Å². The predicted octanol–water partition coefficient (Wildman–Crippen LogP) is 4.13. The first-order chi connectivity index (χ1) is 15.3. The van der Waals surface area contributed by atoms with Gasteiger partial charge >= 0.3 is 0 Å². The molecule has 0 saturated heterocycles. The van der Waals surface area contributed by atoms with E-state index in [-0.39, 0.29) is 33.4 Å². The summed E-state index contributed by atoms with van der Waals surface area (Å²) >= 11 is 2.49. The number of fused-ring (bicyclic) bond motifs is 3. The Hall–Kier alpha value is -2.96. The first kappa shape index (κ1) is 22.2. The Bertz CT molecular complexity index is 1360. The number of thioether (sulfide) groups is 1. The van der Waals surface area contributed by atoms with Gasteiger partial charge in [-0.1, -0.05) is 30.8 Å². The van der Waals surface area contributed by atoms with Gasteiger partial charge in [0.1, 0.15) is 22.3 Å². The van der Waals surface area contributed by atoms with Gasteiger partial charge in [-0.3, -0.25) is 14.2 Å². The quantitative estimate of drug-likeness (QED) is 0.261. The number of para-hydroxylation sites is 1. The van der Waals surface area contributed by atoms with Crippen molar-refractivity contribution in [2.24, 2.45) is 11.7 Å². The van der Waals surface area contributed by atoms with Crippen LogP contribution < -0.4 is 11.3 Å². The summed E-state index contributed by atoms with van der Waals surface area (Å²) < 4.78 is 16.0. The van der Waals surface area contributed by atoms with Gasteiger partial charge in [-0.05, 0) is 49.8 Å². The highest BCUT2D eigenvalue weighted by atomic mass is 32.2. The van der Waals surface area contributed by atoms with Gasteiger partial charge in [-0.25, -0.2) is 9.37 Å². The molecule has 2 heterocycles. The number of Topliss-reactive ketones (excluding diaryl/α,β-unsaturated/α-hetero) is 1. The molecule has 2 aromatic heterocycles. The summed E-state index contributed by atoms with van der Waals surface area (Å²) in [5, 5.41) is 9.94. The molecular weight excluding hydrogens is 447 g/mol. The van der Waals surface area contributed by atoms with Crippen LogP contribution in [0.25, 0.3) is 15.9 Å². The minimum absolute atomic E-state index is 0.0806. The lowest BCUT2D eigenvalue weighted by molar-refractivity contribution is -0.112. The normalized spacial score (nSPS) is 16.4. The number of carbonyl (C=O) groups excluding carboxylic acids is 1. The summed E-state index contributed by atoms with van der Waals surface area (Å²) in [5.41, 5.74) is 6.39. The number of aromatic nitrogens is 2. The second kappa shape index (κ2) is 8.88. The third-order valence-electron chi connectivity index (χ3n) is 5.51. The average Bonchev–Trinajstić information content (AvgIpc) is 3.11. The second-order valence-corrected chi connectivity index (χ2v) is 9.93. The lowest BCUT2D eigenvalue weighted by atomic mass is 9.89. The molecule has 1 aliphatic rings. The van der Waals surface area contributed by atoms with Gasteiger partial charge in [0.2, 0.25) is 0 Å². The third kappa shape index (κ3) is 3.96. The van der Waals surface area contributed by atoms with Crippen molar-refractivity contribution in [1.29, 1.82) is 5.26 Å². The van der Waals surface area contributed by atoms with Gasteiger partial charge < -0.3 is 5.73 Å². The first-order valence-electron chi connectivity index (χ1n) is 10.2. The Kier molecular flexibility index (Phi) is 6.17. The van der Waals surface area contributed by atoms with Gasteiger partial charge in [0, 0.05) is 10.6 Å². The van der Waals surface area contributed by atoms with Crippen LogP contribution in [0.3, 0.4) is 0 Å². The molecule has 9 heteroatoms. The van der Waals surface area contributed by atoms with Gasteiger partial charge in [0.05, 0.1) is 16.8 Å². The highest BCUT2D eigenvalue weighted by molar-refractivity contribution is 7.99. The van der Waals surface area contributed by atoms with Gasteiger partial charge in [-0.15, -0.1) is 11.3 Å². The molecule has 6 nitrogen and oxygen atoms in total. The van der Waals surface area contributed by atoms with Gasteiger partial charge in [0.25, 0.3) is 5.56 Å². The number of aryl methyl sites for hydroxylation is 1. The molecular formula is C23H21FN4O2S2. The van der Waals surface area contributed by atoms with E-state index in [1.54, 1.807) is 12.1 Å². The fourth-order valence-electron chi connectivity index (χ4n) is 3.89. The molecule has 0 unspecified atom stereocenters. The van der Waals surface area contributed by atoms with E-state index in [0.717, 1.165) is 41.5 Å². The summed E-state index contributed by atoms with van der Waals surface area (Å²) in [6, 6.07) is 7.81. The van der Waals surface area contributed by atoms with E-state index < -0.39 is 11.6 Å². The van der Waals surface area contributed by atoms with E-state index in [0.29, 0.717) is 16.1 Å². The largest absolute Gasteiger partial charge is 0.401 e. The van der Waals surface area contributed by atoms with E-state index in [4.69, 9.17) is 5.73 Å². The van der Waals surface area contributed by atoms with Crippen LogP contribution in [-0.4, -0.2) is 21.1 Å². The predicted molar refractivity (Wildman–Crippen MR) is 125 cm³/mol. The summed E-state index contributed by atoms with van der Waals surface area (Å²) in [6.07, 6.45) is 2.68. The number of rotatable bonds is 5. The van der Waals surface area contributed by atoms with Crippen LogP contribution in [0, 0.1) is 23.1 Å².